The number of benzene rings is 1. The number of halogens is 2. The molecular weight excluding hydrogens is 293 g/mol. The van der Waals surface area contributed by atoms with Gasteiger partial charge in [-0.3, -0.25) is 0 Å². The minimum Gasteiger partial charge on any atom is -0.469 e. The van der Waals surface area contributed by atoms with Gasteiger partial charge < -0.3 is 14.7 Å². The van der Waals surface area contributed by atoms with Crippen LogP contribution in [0.3, 0.4) is 0 Å². The normalized spacial score (nSPS) is 12.9. The summed E-state index contributed by atoms with van der Waals surface area (Å²) in [5.74, 6) is 0.807. The first-order chi connectivity index (χ1) is 10.1. The lowest BCUT2D eigenvalue weighted by Crippen LogP contribution is -2.09. The number of imidazole rings is 1. The van der Waals surface area contributed by atoms with Gasteiger partial charge in [0.05, 0.1) is 22.3 Å². The van der Waals surface area contributed by atoms with Gasteiger partial charge in [0.15, 0.2) is 0 Å². The lowest BCUT2D eigenvalue weighted by atomic mass is 10.1. The standard InChI is InChI=1S/C15H15ClFN3O/c1-9(4-5-10-3-2-6-21-10)20-14-8-12(17)11(16)7-13(14)19-15(20)18/h2-3,6-9H,4-5H2,1H3,(H2,18,19). The largest absolute Gasteiger partial charge is 0.469 e. The summed E-state index contributed by atoms with van der Waals surface area (Å²) < 4.78 is 20.8. The van der Waals surface area contributed by atoms with Gasteiger partial charge in [0.2, 0.25) is 5.95 Å². The monoisotopic (exact) mass is 307 g/mol. The Balaban J connectivity index is 1.91. The first kappa shape index (κ1) is 13.9. The molecule has 1 atom stereocenters. The molecule has 3 rings (SSSR count). The summed E-state index contributed by atoms with van der Waals surface area (Å²) in [7, 11) is 0. The van der Waals surface area contributed by atoms with Crippen molar-refractivity contribution in [3.63, 3.8) is 0 Å². The van der Waals surface area contributed by atoms with Crippen LogP contribution in [0.25, 0.3) is 11.0 Å². The summed E-state index contributed by atoms with van der Waals surface area (Å²) in [5, 5.41) is 0.0513. The number of nitrogens with zero attached hydrogens (tertiary/aromatic N) is 2. The molecule has 0 saturated heterocycles. The van der Waals surface area contributed by atoms with E-state index in [1.54, 1.807) is 6.26 Å². The highest BCUT2D eigenvalue weighted by Gasteiger charge is 2.16. The van der Waals surface area contributed by atoms with E-state index in [1.165, 1.54) is 12.1 Å². The third kappa shape index (κ3) is 2.61. The zero-order valence-electron chi connectivity index (χ0n) is 11.5. The fourth-order valence-electron chi connectivity index (χ4n) is 2.51. The highest BCUT2D eigenvalue weighted by atomic mass is 35.5. The number of nitrogens with two attached hydrogens (primary N) is 1. The van der Waals surface area contributed by atoms with Crippen LogP contribution in [0.4, 0.5) is 10.3 Å². The highest BCUT2D eigenvalue weighted by molar-refractivity contribution is 6.31. The summed E-state index contributed by atoms with van der Waals surface area (Å²) in [6, 6.07) is 6.74. The number of nitrogen functional groups attached to an aromatic ring is 1. The SMILES string of the molecule is CC(CCc1ccco1)n1c(N)nc2cc(Cl)c(F)cc21. The van der Waals surface area contributed by atoms with Crippen LogP contribution in [0.1, 0.15) is 25.1 Å². The van der Waals surface area contributed by atoms with Gasteiger partial charge in [-0.15, -0.1) is 0 Å². The number of hydrogen-bond acceptors (Lipinski definition) is 3. The van der Waals surface area contributed by atoms with E-state index in [2.05, 4.69) is 4.98 Å². The molecule has 2 N–H and O–H groups in total. The molecule has 0 saturated carbocycles. The van der Waals surface area contributed by atoms with Crippen molar-refractivity contribution in [3.05, 3.63) is 47.1 Å². The van der Waals surface area contributed by atoms with Gasteiger partial charge in [-0.05, 0) is 31.5 Å². The van der Waals surface area contributed by atoms with Crippen molar-refractivity contribution >= 4 is 28.6 Å². The van der Waals surface area contributed by atoms with Crippen molar-refractivity contribution in [3.8, 4) is 0 Å². The topological polar surface area (TPSA) is 57.0 Å². The molecule has 2 heterocycles. The molecule has 0 bridgehead atoms. The fourth-order valence-corrected chi connectivity index (χ4v) is 2.67. The van der Waals surface area contributed by atoms with Crippen molar-refractivity contribution < 1.29 is 8.81 Å². The van der Waals surface area contributed by atoms with Gasteiger partial charge >= 0.3 is 0 Å². The third-order valence-corrected chi connectivity index (χ3v) is 3.88. The van der Waals surface area contributed by atoms with Crippen molar-refractivity contribution in [2.24, 2.45) is 0 Å². The van der Waals surface area contributed by atoms with Crippen LogP contribution in [0.2, 0.25) is 5.02 Å². The number of fused-ring (bicyclic) bond motifs is 1. The summed E-state index contributed by atoms with van der Waals surface area (Å²) in [4.78, 5) is 4.25. The summed E-state index contributed by atoms with van der Waals surface area (Å²) >= 11 is 5.78. The van der Waals surface area contributed by atoms with Crippen LogP contribution < -0.4 is 5.73 Å². The van der Waals surface area contributed by atoms with Crippen molar-refractivity contribution in [2.45, 2.75) is 25.8 Å². The molecule has 0 fully saturated rings. The number of anilines is 1. The van der Waals surface area contributed by atoms with Crippen LogP contribution in [-0.2, 0) is 6.42 Å². The molecule has 0 aliphatic heterocycles. The Kier molecular flexibility index (Phi) is 3.59. The van der Waals surface area contributed by atoms with Crippen LogP contribution >= 0.6 is 11.6 Å². The Morgan fingerprint density at radius 2 is 2.29 bits per heavy atom. The summed E-state index contributed by atoms with van der Waals surface area (Å²) in [6.07, 6.45) is 3.25. The van der Waals surface area contributed by atoms with Gasteiger partial charge in [0.1, 0.15) is 11.6 Å². The van der Waals surface area contributed by atoms with E-state index in [0.717, 1.165) is 18.6 Å². The first-order valence-electron chi connectivity index (χ1n) is 6.71. The average molecular weight is 308 g/mol. The Morgan fingerprint density at radius 3 is 3.00 bits per heavy atom. The molecular formula is C15H15ClFN3O. The van der Waals surface area contributed by atoms with Crippen LogP contribution in [0.5, 0.6) is 0 Å². The number of rotatable bonds is 4. The summed E-state index contributed by atoms with van der Waals surface area (Å²) in [5.41, 5.74) is 7.22. The lowest BCUT2D eigenvalue weighted by molar-refractivity contribution is 0.459. The molecule has 0 amide bonds. The predicted molar refractivity (Wildman–Crippen MR) is 80.9 cm³/mol. The van der Waals surface area contributed by atoms with Crippen LogP contribution in [0.15, 0.2) is 34.9 Å². The van der Waals surface area contributed by atoms with E-state index in [9.17, 15) is 4.39 Å². The van der Waals surface area contributed by atoms with E-state index in [0.29, 0.717) is 17.0 Å². The Morgan fingerprint density at radius 1 is 1.48 bits per heavy atom. The minimum absolute atomic E-state index is 0.0513. The van der Waals surface area contributed by atoms with Crippen molar-refractivity contribution in [1.29, 1.82) is 0 Å². The molecule has 1 unspecified atom stereocenters. The van der Waals surface area contributed by atoms with Gasteiger partial charge in [-0.2, -0.15) is 0 Å². The number of furan rings is 1. The number of hydrogen-bond donors (Lipinski definition) is 1. The first-order valence-corrected chi connectivity index (χ1v) is 7.09. The van der Waals surface area contributed by atoms with Crippen molar-refractivity contribution in [1.82, 2.24) is 9.55 Å². The van der Waals surface area contributed by atoms with Crippen LogP contribution in [-0.4, -0.2) is 9.55 Å². The smallest absolute Gasteiger partial charge is 0.201 e. The maximum atomic E-state index is 13.7. The molecule has 0 radical (unpaired) electrons. The minimum atomic E-state index is -0.469. The Labute approximate surface area is 126 Å². The Bertz CT molecular complexity index is 767. The van der Waals surface area contributed by atoms with Gasteiger partial charge in [0.25, 0.3) is 0 Å². The zero-order chi connectivity index (χ0) is 15.0. The molecule has 0 spiro atoms. The quantitative estimate of drug-likeness (QED) is 0.786. The lowest BCUT2D eigenvalue weighted by Gasteiger charge is -2.15. The molecule has 4 nitrogen and oxygen atoms in total. The second kappa shape index (κ2) is 5.41. The molecule has 6 heteroatoms. The fraction of sp³-hybridized carbons (Fsp3) is 0.267. The number of aryl methyl sites for hydroxylation is 1. The van der Waals surface area contributed by atoms with Crippen molar-refractivity contribution in [2.75, 3.05) is 5.73 Å². The molecule has 3 aromatic rings. The molecule has 1 aromatic carbocycles. The van der Waals surface area contributed by atoms with Gasteiger partial charge in [-0.25, -0.2) is 9.37 Å². The molecule has 110 valence electrons. The maximum absolute atomic E-state index is 13.7. The molecule has 2 aromatic heterocycles. The van der Waals surface area contributed by atoms with E-state index >= 15 is 0 Å². The highest BCUT2D eigenvalue weighted by Crippen LogP contribution is 2.29. The second-order valence-electron chi connectivity index (χ2n) is 5.06. The maximum Gasteiger partial charge on any atom is 0.201 e. The van der Waals surface area contributed by atoms with E-state index < -0.39 is 5.82 Å². The molecule has 0 aliphatic carbocycles. The molecule has 0 aliphatic rings. The third-order valence-electron chi connectivity index (χ3n) is 3.59. The van der Waals surface area contributed by atoms with E-state index in [4.69, 9.17) is 21.8 Å². The summed E-state index contributed by atoms with van der Waals surface area (Å²) in [6.45, 7) is 2.02. The van der Waals surface area contributed by atoms with Gasteiger partial charge in [0, 0.05) is 18.5 Å². The Hall–Kier alpha value is -2.01. The average Bonchev–Trinajstić information content (AvgIpc) is 3.04. The van der Waals surface area contributed by atoms with Crippen LogP contribution in [0, 0.1) is 5.82 Å². The van der Waals surface area contributed by atoms with E-state index in [1.807, 2.05) is 23.6 Å². The second-order valence-corrected chi connectivity index (χ2v) is 5.47. The molecule has 21 heavy (non-hydrogen) atoms. The van der Waals surface area contributed by atoms with E-state index in [-0.39, 0.29) is 11.1 Å². The van der Waals surface area contributed by atoms with Gasteiger partial charge in [-0.1, -0.05) is 11.6 Å². The zero-order valence-corrected chi connectivity index (χ0v) is 12.3. The predicted octanol–water partition coefficient (Wildman–Crippen LogP) is 4.20. The number of aromatic nitrogens is 2.